The highest BCUT2D eigenvalue weighted by Gasteiger charge is 2.47. The number of benzene rings is 1. The summed E-state index contributed by atoms with van der Waals surface area (Å²) in [5, 5.41) is 8.27. The normalized spacial score (nSPS) is 25.5. The van der Waals surface area contributed by atoms with Crippen molar-refractivity contribution in [3.05, 3.63) is 71.0 Å². The molecule has 3 saturated heterocycles. The Morgan fingerprint density at radius 3 is 2.65 bits per heavy atom. The van der Waals surface area contributed by atoms with E-state index in [0.717, 1.165) is 17.8 Å². The number of piperidine rings is 1. The fourth-order valence-electron chi connectivity index (χ4n) is 6.98. The largest absolute Gasteiger partial charge is 0.414 e. The summed E-state index contributed by atoms with van der Waals surface area (Å²) in [5.74, 6) is 0.356. The van der Waals surface area contributed by atoms with E-state index in [0.29, 0.717) is 70.7 Å². The first kappa shape index (κ1) is 30.0. The van der Waals surface area contributed by atoms with E-state index >= 15 is 0 Å². The highest BCUT2D eigenvalue weighted by Crippen LogP contribution is 2.41. The lowest BCUT2D eigenvalue weighted by molar-refractivity contribution is -0.141. The van der Waals surface area contributed by atoms with Crippen molar-refractivity contribution < 1.29 is 27.4 Å². The average Bonchev–Trinajstić information content (AvgIpc) is 3.33. The monoisotopic (exact) mass is 599 g/mol. The van der Waals surface area contributed by atoms with Crippen molar-refractivity contribution >= 4 is 5.91 Å². The third-order valence-corrected chi connectivity index (χ3v) is 9.35. The lowest BCUT2D eigenvalue weighted by Gasteiger charge is -2.43. The van der Waals surface area contributed by atoms with Gasteiger partial charge in [-0.25, -0.2) is 0 Å². The van der Waals surface area contributed by atoms with E-state index < -0.39 is 17.8 Å². The predicted molar refractivity (Wildman–Crippen MR) is 154 cm³/mol. The van der Waals surface area contributed by atoms with Crippen molar-refractivity contribution in [2.24, 2.45) is 13.0 Å². The molecule has 2 atom stereocenters. The molecular weight excluding hydrogens is 559 g/mol. The maximum atomic E-state index is 14.2. The number of morpholine rings is 1. The Labute approximate surface area is 250 Å². The third kappa shape index (κ3) is 6.30. The number of carbonyl (C=O) groups excluding carboxylic acids is 1. The molecule has 1 aromatic carbocycles. The Balaban J connectivity index is 1.15. The van der Waals surface area contributed by atoms with Crippen LogP contribution in [-0.4, -0.2) is 87.7 Å². The van der Waals surface area contributed by atoms with Gasteiger partial charge in [0.15, 0.2) is 0 Å². The van der Waals surface area contributed by atoms with E-state index in [9.17, 15) is 18.0 Å². The van der Waals surface area contributed by atoms with Crippen LogP contribution in [0, 0.1) is 5.92 Å². The molecule has 5 heterocycles. The van der Waals surface area contributed by atoms with Crippen LogP contribution in [0.1, 0.15) is 50.1 Å². The van der Waals surface area contributed by atoms with E-state index in [2.05, 4.69) is 33.3 Å². The van der Waals surface area contributed by atoms with Crippen LogP contribution in [0.4, 0.5) is 13.2 Å². The molecule has 1 aromatic heterocycles. The van der Waals surface area contributed by atoms with E-state index in [-0.39, 0.29) is 22.8 Å². The third-order valence-electron chi connectivity index (χ3n) is 9.35. The van der Waals surface area contributed by atoms with Crippen LogP contribution >= 0.6 is 0 Å². The number of amides is 1. The maximum Gasteiger partial charge on any atom is 0.414 e. The molecular formula is C32H40F3N5O3. The van der Waals surface area contributed by atoms with Crippen molar-refractivity contribution in [3.63, 3.8) is 0 Å². The molecule has 0 N–H and O–H groups in total. The second kappa shape index (κ2) is 11.5. The zero-order chi connectivity index (χ0) is 30.4. The van der Waals surface area contributed by atoms with Gasteiger partial charge in [-0.2, -0.15) is 13.2 Å². The van der Waals surface area contributed by atoms with Gasteiger partial charge < -0.3 is 18.9 Å². The molecule has 4 aliphatic heterocycles. The second-order valence-corrected chi connectivity index (χ2v) is 13.2. The molecule has 3 fully saturated rings. The number of rotatable bonds is 8. The maximum absolute atomic E-state index is 14.2. The van der Waals surface area contributed by atoms with Gasteiger partial charge in [-0.3, -0.25) is 9.69 Å². The van der Waals surface area contributed by atoms with Crippen LogP contribution < -0.4 is 0 Å². The molecule has 1 amide bonds. The van der Waals surface area contributed by atoms with Crippen LogP contribution in [0.5, 0.6) is 0 Å². The molecule has 2 unspecified atom stereocenters. The van der Waals surface area contributed by atoms with Crippen molar-refractivity contribution in [1.82, 2.24) is 24.6 Å². The van der Waals surface area contributed by atoms with Crippen molar-refractivity contribution in [3.8, 4) is 0 Å². The minimum Gasteiger partial charge on any atom is -0.379 e. The molecule has 0 radical (unpaired) electrons. The molecule has 232 valence electrons. The SMILES string of the molecule is Cn1cnnc1CC1(c2cccc(CCC3CCC4C(C(F)(F)F)=CC(CN5CCOC(C)(C)C5)=CN4C3=O)c2)COC1. The summed E-state index contributed by atoms with van der Waals surface area (Å²) in [5.41, 5.74) is 1.64. The number of alkyl halides is 3. The Hall–Kier alpha value is -3.02. The quantitative estimate of drug-likeness (QED) is 0.449. The standard InChI is InChI=1S/C32H40F3N5O3/c1-30(2)18-39(11-12-43-30)16-23-14-26(32(33,34)35)27-10-9-24(29(41)40(27)17-23)8-7-22-5-4-6-25(13-22)31(19-42-20-31)15-28-37-36-21-38(28)3/h4-6,13-14,17,21,24,27H,7-12,15-16,18-20H2,1-3H3. The van der Waals surface area contributed by atoms with Gasteiger partial charge in [-0.15, -0.1) is 10.2 Å². The molecule has 6 rings (SSSR count). The second-order valence-electron chi connectivity index (χ2n) is 13.2. The van der Waals surface area contributed by atoms with Crippen molar-refractivity contribution in [1.29, 1.82) is 0 Å². The van der Waals surface area contributed by atoms with Gasteiger partial charge in [0.25, 0.3) is 0 Å². The lowest BCUT2D eigenvalue weighted by Crippen LogP contribution is -2.51. The van der Waals surface area contributed by atoms with Crippen molar-refractivity contribution in [2.75, 3.05) is 39.5 Å². The molecule has 43 heavy (non-hydrogen) atoms. The van der Waals surface area contributed by atoms with E-state index in [1.54, 1.807) is 12.5 Å². The van der Waals surface area contributed by atoms with Gasteiger partial charge in [-0.05, 0) is 62.3 Å². The first-order valence-corrected chi connectivity index (χ1v) is 15.1. The Morgan fingerprint density at radius 2 is 1.98 bits per heavy atom. The van der Waals surface area contributed by atoms with Gasteiger partial charge in [0.05, 0.1) is 37.0 Å². The Morgan fingerprint density at radius 1 is 1.16 bits per heavy atom. The summed E-state index contributed by atoms with van der Waals surface area (Å²) in [6.45, 7) is 7.30. The number of fused-ring (bicyclic) bond motifs is 1. The van der Waals surface area contributed by atoms with Gasteiger partial charge in [0, 0.05) is 50.6 Å². The number of carbonyl (C=O) groups is 1. The Kier molecular flexibility index (Phi) is 8.02. The smallest absolute Gasteiger partial charge is 0.379 e. The van der Waals surface area contributed by atoms with E-state index in [1.165, 1.54) is 16.5 Å². The fourth-order valence-corrected chi connectivity index (χ4v) is 6.98. The fraction of sp³-hybridized carbons (Fsp3) is 0.594. The number of aryl methyl sites for hydroxylation is 2. The van der Waals surface area contributed by atoms with Crippen LogP contribution in [0.15, 0.2) is 54.0 Å². The summed E-state index contributed by atoms with van der Waals surface area (Å²) in [6.07, 6.45) is 2.86. The topological polar surface area (TPSA) is 72.7 Å². The van der Waals surface area contributed by atoms with Crippen molar-refractivity contribution in [2.45, 2.75) is 69.2 Å². The van der Waals surface area contributed by atoms with Crippen LogP contribution in [-0.2, 0) is 39.6 Å². The van der Waals surface area contributed by atoms with Gasteiger partial charge in [0.2, 0.25) is 5.91 Å². The molecule has 8 nitrogen and oxygen atoms in total. The summed E-state index contributed by atoms with van der Waals surface area (Å²) >= 11 is 0. The summed E-state index contributed by atoms with van der Waals surface area (Å²) in [4.78, 5) is 17.2. The number of hydrogen-bond donors (Lipinski definition) is 0. The first-order valence-electron chi connectivity index (χ1n) is 15.1. The number of halogens is 3. The molecule has 0 spiro atoms. The number of hydrogen-bond acceptors (Lipinski definition) is 6. The molecule has 0 saturated carbocycles. The highest BCUT2D eigenvalue weighted by atomic mass is 19.4. The number of nitrogens with zero attached hydrogens (tertiary/aromatic N) is 5. The number of ether oxygens (including phenoxy) is 2. The first-order chi connectivity index (χ1) is 20.4. The highest BCUT2D eigenvalue weighted by molar-refractivity contribution is 5.82. The zero-order valence-electron chi connectivity index (χ0n) is 25.1. The minimum absolute atomic E-state index is 0.171. The minimum atomic E-state index is -4.49. The van der Waals surface area contributed by atoms with Gasteiger partial charge >= 0.3 is 6.18 Å². The summed E-state index contributed by atoms with van der Waals surface area (Å²) in [7, 11) is 1.93. The number of aromatic nitrogens is 3. The Bertz CT molecular complexity index is 1410. The summed E-state index contributed by atoms with van der Waals surface area (Å²) < 4.78 is 55.9. The van der Waals surface area contributed by atoms with Gasteiger partial charge in [0.1, 0.15) is 12.2 Å². The molecule has 2 aromatic rings. The molecule has 4 aliphatic rings. The average molecular weight is 600 g/mol. The van der Waals surface area contributed by atoms with Crippen LogP contribution in [0.3, 0.4) is 0 Å². The zero-order valence-corrected chi connectivity index (χ0v) is 25.1. The van der Waals surface area contributed by atoms with Crippen LogP contribution in [0.2, 0.25) is 0 Å². The molecule has 0 bridgehead atoms. The van der Waals surface area contributed by atoms with Crippen LogP contribution in [0.25, 0.3) is 0 Å². The lowest BCUT2D eigenvalue weighted by atomic mass is 9.75. The predicted octanol–water partition coefficient (Wildman–Crippen LogP) is 4.36. The van der Waals surface area contributed by atoms with E-state index in [4.69, 9.17) is 9.47 Å². The van der Waals surface area contributed by atoms with Gasteiger partial charge in [-0.1, -0.05) is 24.3 Å². The molecule has 11 heteroatoms. The molecule has 0 aliphatic carbocycles. The summed E-state index contributed by atoms with van der Waals surface area (Å²) in [6, 6.07) is 7.42. The van der Waals surface area contributed by atoms with E-state index in [1.807, 2.05) is 31.5 Å².